The van der Waals surface area contributed by atoms with Crippen LogP contribution >= 0.6 is 0 Å². The van der Waals surface area contributed by atoms with Gasteiger partial charge in [-0.2, -0.15) is 0 Å². The number of nitrogens with one attached hydrogen (secondary N) is 2. The number of carbonyl (C=O) groups is 2. The molecule has 168 valence electrons. The number of hydrogen-bond donors (Lipinski definition) is 2. The van der Waals surface area contributed by atoms with E-state index in [2.05, 4.69) is 59.2 Å². The molecule has 0 spiro atoms. The van der Waals surface area contributed by atoms with E-state index < -0.39 is 0 Å². The average Bonchev–Trinajstić information content (AvgIpc) is 2.79. The van der Waals surface area contributed by atoms with Crippen molar-refractivity contribution in [3.63, 3.8) is 0 Å². The number of amides is 2. The summed E-state index contributed by atoms with van der Waals surface area (Å²) in [6, 6.07) is 17.4. The highest BCUT2D eigenvalue weighted by Gasteiger charge is 2.58. The molecule has 4 aliphatic rings. The lowest BCUT2D eigenvalue weighted by Crippen LogP contribution is -2.55. The number of rotatable bonds is 6. The predicted molar refractivity (Wildman–Crippen MR) is 129 cm³/mol. The van der Waals surface area contributed by atoms with Gasteiger partial charge in [-0.1, -0.05) is 38.1 Å². The minimum absolute atomic E-state index is 0.0603. The Kier molecular flexibility index (Phi) is 5.35. The molecule has 2 aromatic rings. The maximum absolute atomic E-state index is 11.8. The largest absolute Gasteiger partial charge is 0.326 e. The molecule has 4 aliphatic carbocycles. The minimum atomic E-state index is 0.0603. The first-order chi connectivity index (χ1) is 15.4. The van der Waals surface area contributed by atoms with Crippen molar-refractivity contribution in [2.45, 2.75) is 76.0 Å². The van der Waals surface area contributed by atoms with E-state index in [1.54, 1.807) is 0 Å². The van der Waals surface area contributed by atoms with E-state index in [4.69, 9.17) is 0 Å². The van der Waals surface area contributed by atoms with Crippen LogP contribution < -0.4 is 10.6 Å². The summed E-state index contributed by atoms with van der Waals surface area (Å²) >= 11 is 0. The summed E-state index contributed by atoms with van der Waals surface area (Å²) in [4.78, 5) is 23.5. The molecule has 0 unspecified atom stereocenters. The van der Waals surface area contributed by atoms with Crippen molar-refractivity contribution in [3.8, 4) is 0 Å². The van der Waals surface area contributed by atoms with Crippen LogP contribution in [0.15, 0.2) is 48.5 Å². The molecule has 0 radical (unpaired) electrons. The van der Waals surface area contributed by atoms with Gasteiger partial charge in [-0.05, 0) is 96.6 Å². The zero-order valence-electron chi connectivity index (χ0n) is 19.2. The lowest BCUT2D eigenvalue weighted by atomic mass is 9.42. The third-order valence-electron chi connectivity index (χ3n) is 8.27. The van der Waals surface area contributed by atoms with Gasteiger partial charge < -0.3 is 10.6 Å². The Morgan fingerprint density at radius 3 is 1.44 bits per heavy atom. The Morgan fingerprint density at radius 1 is 0.719 bits per heavy atom. The molecule has 4 heteroatoms. The second-order valence-corrected chi connectivity index (χ2v) is 10.5. The van der Waals surface area contributed by atoms with Gasteiger partial charge in [0, 0.05) is 24.2 Å². The van der Waals surface area contributed by atoms with Crippen LogP contribution in [-0.4, -0.2) is 11.8 Å². The van der Waals surface area contributed by atoms with Crippen LogP contribution in [-0.2, 0) is 20.4 Å². The van der Waals surface area contributed by atoms with E-state index in [0.29, 0.717) is 12.8 Å². The molecule has 0 aliphatic heterocycles. The lowest BCUT2D eigenvalue weighted by molar-refractivity contribution is -0.116. The Balaban J connectivity index is 1.42. The molecule has 0 heterocycles. The second-order valence-electron chi connectivity index (χ2n) is 10.5. The number of benzene rings is 2. The van der Waals surface area contributed by atoms with Gasteiger partial charge >= 0.3 is 0 Å². The van der Waals surface area contributed by atoms with Gasteiger partial charge in [0.15, 0.2) is 0 Å². The SMILES string of the molecule is CCC(=O)Nc1ccc(C23CC4CC(C2)CC(c2ccc(NC(=O)CC)cc2)(C4)C3)cc1. The fourth-order valence-corrected chi connectivity index (χ4v) is 7.25. The summed E-state index contributed by atoms with van der Waals surface area (Å²) in [6.07, 6.45) is 8.73. The van der Waals surface area contributed by atoms with Crippen molar-refractivity contribution in [3.05, 3.63) is 59.7 Å². The monoisotopic (exact) mass is 430 g/mol. The second kappa shape index (κ2) is 8.06. The van der Waals surface area contributed by atoms with Gasteiger partial charge in [0.05, 0.1) is 0 Å². The Bertz CT molecular complexity index is 915. The van der Waals surface area contributed by atoms with Crippen molar-refractivity contribution in [1.29, 1.82) is 0 Å². The van der Waals surface area contributed by atoms with Gasteiger partial charge in [-0.3, -0.25) is 9.59 Å². The average molecular weight is 431 g/mol. The van der Waals surface area contributed by atoms with E-state index in [-0.39, 0.29) is 22.6 Å². The molecule has 4 saturated carbocycles. The zero-order chi connectivity index (χ0) is 22.3. The van der Waals surface area contributed by atoms with Gasteiger partial charge in [0.25, 0.3) is 0 Å². The molecule has 0 aromatic heterocycles. The van der Waals surface area contributed by atoms with Gasteiger partial charge in [-0.15, -0.1) is 0 Å². The number of carbonyl (C=O) groups excluding carboxylic acids is 2. The van der Waals surface area contributed by atoms with E-state index in [1.165, 1.54) is 49.7 Å². The molecule has 4 bridgehead atoms. The Labute approximate surface area is 191 Å². The molecule has 2 N–H and O–H groups in total. The van der Waals surface area contributed by atoms with Crippen molar-refractivity contribution in [2.75, 3.05) is 10.6 Å². The molecule has 2 aromatic carbocycles. The maximum Gasteiger partial charge on any atom is 0.224 e. The van der Waals surface area contributed by atoms with Crippen molar-refractivity contribution in [2.24, 2.45) is 11.8 Å². The number of hydrogen-bond acceptors (Lipinski definition) is 2. The smallest absolute Gasteiger partial charge is 0.224 e. The van der Waals surface area contributed by atoms with Crippen LogP contribution in [0.4, 0.5) is 11.4 Å². The molecule has 6 rings (SSSR count). The third-order valence-corrected chi connectivity index (χ3v) is 8.27. The van der Waals surface area contributed by atoms with Gasteiger partial charge in [0.2, 0.25) is 11.8 Å². The first kappa shape index (κ1) is 21.2. The number of anilines is 2. The van der Waals surface area contributed by atoms with Crippen LogP contribution in [0, 0.1) is 11.8 Å². The molecule has 4 nitrogen and oxygen atoms in total. The van der Waals surface area contributed by atoms with Crippen LogP contribution in [0.3, 0.4) is 0 Å². The van der Waals surface area contributed by atoms with Gasteiger partial charge in [0.1, 0.15) is 0 Å². The molecule has 2 amide bonds. The quantitative estimate of drug-likeness (QED) is 0.575. The Hall–Kier alpha value is -2.62. The van der Waals surface area contributed by atoms with E-state index in [9.17, 15) is 9.59 Å². The summed E-state index contributed by atoms with van der Waals surface area (Å²) < 4.78 is 0. The normalized spacial score (nSPS) is 30.2. The zero-order valence-corrected chi connectivity index (χ0v) is 19.2. The summed E-state index contributed by atoms with van der Waals surface area (Å²) in [5.74, 6) is 1.69. The summed E-state index contributed by atoms with van der Waals surface area (Å²) in [7, 11) is 0. The van der Waals surface area contributed by atoms with Crippen LogP contribution in [0.1, 0.15) is 76.3 Å². The van der Waals surface area contributed by atoms with E-state index in [0.717, 1.165) is 23.2 Å². The third kappa shape index (κ3) is 3.74. The molecular formula is C28H34N2O2. The lowest BCUT2D eigenvalue weighted by Gasteiger charge is -2.63. The van der Waals surface area contributed by atoms with E-state index >= 15 is 0 Å². The predicted octanol–water partition coefficient (Wildman–Crippen LogP) is 6.17. The maximum atomic E-state index is 11.8. The first-order valence-corrected chi connectivity index (χ1v) is 12.2. The minimum Gasteiger partial charge on any atom is -0.326 e. The standard InChI is InChI=1S/C28H34N2O2/c1-3-25(31)29-23-9-5-21(6-10-23)27-14-19-13-20(15-27)17-28(16-19,18-27)22-7-11-24(12-8-22)30-26(32)4-2/h5-12,19-20H,3-4,13-18H2,1-2H3,(H,29,31)(H,30,32). The molecular weight excluding hydrogens is 396 g/mol. The molecule has 4 fully saturated rings. The van der Waals surface area contributed by atoms with Crippen molar-refractivity contribution < 1.29 is 9.59 Å². The highest BCUT2D eigenvalue weighted by molar-refractivity contribution is 5.91. The highest BCUT2D eigenvalue weighted by Crippen LogP contribution is 2.66. The topological polar surface area (TPSA) is 58.2 Å². The summed E-state index contributed by atoms with van der Waals surface area (Å²) in [5, 5.41) is 5.96. The van der Waals surface area contributed by atoms with Crippen LogP contribution in [0.2, 0.25) is 0 Å². The van der Waals surface area contributed by atoms with E-state index in [1.807, 2.05) is 13.8 Å². The van der Waals surface area contributed by atoms with Crippen molar-refractivity contribution in [1.82, 2.24) is 0 Å². The molecule has 32 heavy (non-hydrogen) atoms. The summed E-state index contributed by atoms with van der Waals surface area (Å²) in [6.45, 7) is 3.76. The van der Waals surface area contributed by atoms with Crippen molar-refractivity contribution >= 4 is 23.2 Å². The molecule has 0 saturated heterocycles. The van der Waals surface area contributed by atoms with Gasteiger partial charge in [-0.25, -0.2) is 0 Å². The first-order valence-electron chi connectivity index (χ1n) is 12.2. The fourth-order valence-electron chi connectivity index (χ4n) is 7.25. The fraction of sp³-hybridized carbons (Fsp3) is 0.500. The Morgan fingerprint density at radius 2 is 1.09 bits per heavy atom. The van der Waals surface area contributed by atoms with Crippen LogP contribution in [0.25, 0.3) is 0 Å². The molecule has 0 atom stereocenters. The highest BCUT2D eigenvalue weighted by atomic mass is 16.2. The summed E-state index contributed by atoms with van der Waals surface area (Å²) in [5.41, 5.74) is 5.16. The van der Waals surface area contributed by atoms with Crippen LogP contribution in [0.5, 0.6) is 0 Å².